The van der Waals surface area contributed by atoms with Gasteiger partial charge in [-0.15, -0.1) is 0 Å². The van der Waals surface area contributed by atoms with Gasteiger partial charge in [-0.2, -0.15) is 0 Å². The van der Waals surface area contributed by atoms with Gasteiger partial charge in [0.05, 0.1) is 11.5 Å². The van der Waals surface area contributed by atoms with E-state index in [1.165, 1.54) is 12.8 Å². The summed E-state index contributed by atoms with van der Waals surface area (Å²) in [4.78, 5) is 13.4. The number of hydrogen-bond donors (Lipinski definition) is 1. The minimum absolute atomic E-state index is 0.0869. The molecule has 2 saturated heterocycles. The lowest BCUT2D eigenvalue weighted by atomic mass is 10.0. The minimum atomic E-state index is -2.96. The first-order chi connectivity index (χ1) is 12.5. The Balaban J connectivity index is 1.67. The fraction of sp³-hybridized carbons (Fsp3) is 0.778. The minimum Gasteiger partial charge on any atom is -0.355 e. The van der Waals surface area contributed by atoms with Crippen LogP contribution in [0.15, 0.2) is 12.4 Å². The summed E-state index contributed by atoms with van der Waals surface area (Å²) in [7, 11) is -2.96. The monoisotopic (exact) mass is 381 g/mol. The third-order valence-electron chi connectivity index (χ3n) is 5.38. The van der Waals surface area contributed by atoms with Crippen molar-refractivity contribution in [2.24, 2.45) is 0 Å². The van der Waals surface area contributed by atoms with Gasteiger partial charge in [0, 0.05) is 56.2 Å². The van der Waals surface area contributed by atoms with Crippen molar-refractivity contribution in [3.8, 4) is 0 Å². The number of rotatable bonds is 8. The Morgan fingerprint density at radius 2 is 1.73 bits per heavy atom. The van der Waals surface area contributed by atoms with Gasteiger partial charge < -0.3 is 5.32 Å². The van der Waals surface area contributed by atoms with E-state index in [0.717, 1.165) is 38.2 Å². The van der Waals surface area contributed by atoms with Crippen LogP contribution >= 0.6 is 0 Å². The maximum Gasteiger partial charge on any atom is 0.222 e. The van der Waals surface area contributed by atoms with Crippen LogP contribution in [0.5, 0.6) is 0 Å². The molecule has 26 heavy (non-hydrogen) atoms. The number of unbranched alkanes of at least 4 members (excludes halogenated alkanes) is 2. The highest BCUT2D eigenvalue weighted by molar-refractivity contribution is 7.91. The molecular formula is C18H31N5O2S. The molecule has 7 nitrogen and oxygen atoms in total. The second-order valence-electron chi connectivity index (χ2n) is 7.37. The van der Waals surface area contributed by atoms with Gasteiger partial charge in [0.15, 0.2) is 9.84 Å². The summed E-state index contributed by atoms with van der Waals surface area (Å²) in [5.41, 5.74) is 1.04. The highest BCUT2D eigenvalue weighted by Crippen LogP contribution is 2.28. The van der Waals surface area contributed by atoms with Crippen LogP contribution in [0.4, 0.5) is 5.95 Å². The zero-order chi connectivity index (χ0) is 18.6. The summed E-state index contributed by atoms with van der Waals surface area (Å²) in [5.74, 6) is 1.22. The molecule has 2 fully saturated rings. The average molecular weight is 382 g/mol. The lowest BCUT2D eigenvalue weighted by Crippen LogP contribution is -2.58. The third-order valence-corrected chi connectivity index (χ3v) is 7.08. The van der Waals surface area contributed by atoms with E-state index in [1.807, 2.05) is 19.3 Å². The quantitative estimate of drug-likeness (QED) is 0.682. The van der Waals surface area contributed by atoms with Gasteiger partial charge in [-0.05, 0) is 19.9 Å². The zero-order valence-corrected chi connectivity index (χ0v) is 16.7. The molecule has 0 unspecified atom stereocenters. The molecule has 3 rings (SSSR count). The average Bonchev–Trinajstić information content (AvgIpc) is 2.94. The Morgan fingerprint density at radius 1 is 1.08 bits per heavy atom. The number of aromatic nitrogens is 2. The van der Waals surface area contributed by atoms with Crippen molar-refractivity contribution >= 4 is 15.8 Å². The summed E-state index contributed by atoms with van der Waals surface area (Å²) < 4.78 is 24.6. The predicted molar refractivity (Wildman–Crippen MR) is 104 cm³/mol. The summed E-state index contributed by atoms with van der Waals surface area (Å²) in [5, 5.41) is 3.09. The van der Waals surface area contributed by atoms with Crippen molar-refractivity contribution in [2.45, 2.75) is 51.7 Å². The molecule has 2 aliphatic rings. The Morgan fingerprint density at radius 3 is 2.38 bits per heavy atom. The van der Waals surface area contributed by atoms with Gasteiger partial charge in [0.1, 0.15) is 0 Å². The van der Waals surface area contributed by atoms with Crippen LogP contribution in [0.25, 0.3) is 0 Å². The van der Waals surface area contributed by atoms with E-state index in [2.05, 4.69) is 32.0 Å². The number of nitrogens with zero attached hydrogens (tertiary/aromatic N) is 4. The van der Waals surface area contributed by atoms with E-state index in [-0.39, 0.29) is 17.8 Å². The number of hydrogen-bond acceptors (Lipinski definition) is 7. The van der Waals surface area contributed by atoms with Crippen molar-refractivity contribution in [3.05, 3.63) is 18.0 Å². The maximum absolute atomic E-state index is 12.3. The molecular weight excluding hydrogens is 350 g/mol. The van der Waals surface area contributed by atoms with Crippen LogP contribution in [0.1, 0.15) is 38.7 Å². The molecule has 2 atom stereocenters. The zero-order valence-electron chi connectivity index (χ0n) is 15.9. The molecule has 8 heteroatoms. The molecule has 0 aliphatic carbocycles. The summed E-state index contributed by atoms with van der Waals surface area (Å²) >= 11 is 0. The molecule has 3 heterocycles. The van der Waals surface area contributed by atoms with Gasteiger partial charge in [-0.3, -0.25) is 9.80 Å². The highest BCUT2D eigenvalue weighted by Gasteiger charge is 2.46. The summed E-state index contributed by atoms with van der Waals surface area (Å²) in [6, 6.07) is 0.219. The van der Waals surface area contributed by atoms with Crippen LogP contribution in [0, 0.1) is 0 Å². The number of piperazine rings is 1. The smallest absolute Gasteiger partial charge is 0.222 e. The number of fused-ring (bicyclic) bond motifs is 1. The molecule has 1 N–H and O–H groups in total. The van der Waals surface area contributed by atoms with Crippen molar-refractivity contribution in [3.63, 3.8) is 0 Å². The Hall–Kier alpha value is -1.25. The molecule has 0 aromatic carbocycles. The van der Waals surface area contributed by atoms with E-state index in [4.69, 9.17) is 0 Å². The van der Waals surface area contributed by atoms with Crippen LogP contribution < -0.4 is 5.32 Å². The summed E-state index contributed by atoms with van der Waals surface area (Å²) in [6.45, 7) is 8.57. The second kappa shape index (κ2) is 8.63. The van der Waals surface area contributed by atoms with Gasteiger partial charge in [-0.1, -0.05) is 19.8 Å². The molecule has 2 aliphatic heterocycles. The van der Waals surface area contributed by atoms with E-state index >= 15 is 0 Å². The fourth-order valence-corrected chi connectivity index (χ4v) is 6.10. The van der Waals surface area contributed by atoms with Crippen molar-refractivity contribution in [1.82, 2.24) is 19.8 Å². The van der Waals surface area contributed by atoms with Crippen molar-refractivity contribution < 1.29 is 8.42 Å². The molecule has 146 valence electrons. The Kier molecular flexibility index (Phi) is 6.47. The maximum atomic E-state index is 12.3. The third kappa shape index (κ3) is 4.72. The SMILES string of the molecule is CCCCCN1CCN(Cc2cnc(NCC)nc2)[C@H]2CS(=O)(=O)C[C@H]21. The van der Waals surface area contributed by atoms with Crippen molar-refractivity contribution in [1.29, 1.82) is 0 Å². The van der Waals surface area contributed by atoms with Crippen LogP contribution in [0.3, 0.4) is 0 Å². The summed E-state index contributed by atoms with van der Waals surface area (Å²) in [6.07, 6.45) is 7.24. The lowest BCUT2D eigenvalue weighted by Gasteiger charge is -2.44. The first kappa shape index (κ1) is 19.5. The molecule has 0 saturated carbocycles. The fourth-order valence-electron chi connectivity index (χ4n) is 4.06. The van der Waals surface area contributed by atoms with Crippen LogP contribution in [0.2, 0.25) is 0 Å². The largest absolute Gasteiger partial charge is 0.355 e. The number of nitrogens with one attached hydrogen (secondary N) is 1. The molecule has 0 amide bonds. The lowest BCUT2D eigenvalue weighted by molar-refractivity contribution is 0.0393. The topological polar surface area (TPSA) is 78.4 Å². The Bertz CT molecular complexity index is 679. The first-order valence-electron chi connectivity index (χ1n) is 9.75. The van der Waals surface area contributed by atoms with Crippen LogP contribution in [-0.4, -0.2) is 78.0 Å². The van der Waals surface area contributed by atoms with Gasteiger partial charge in [0.2, 0.25) is 5.95 Å². The van der Waals surface area contributed by atoms with Crippen LogP contribution in [-0.2, 0) is 16.4 Å². The molecule has 0 radical (unpaired) electrons. The number of anilines is 1. The normalized spacial score (nSPS) is 25.9. The second-order valence-corrected chi connectivity index (χ2v) is 9.52. The first-order valence-corrected chi connectivity index (χ1v) is 11.6. The van der Waals surface area contributed by atoms with Gasteiger partial charge >= 0.3 is 0 Å². The molecule has 1 aromatic heterocycles. The molecule has 0 bridgehead atoms. The van der Waals surface area contributed by atoms with Gasteiger partial charge in [-0.25, -0.2) is 18.4 Å². The number of sulfone groups is 1. The predicted octanol–water partition coefficient (Wildman–Crippen LogP) is 1.38. The highest BCUT2D eigenvalue weighted by atomic mass is 32.2. The van der Waals surface area contributed by atoms with E-state index in [1.54, 1.807) is 0 Å². The Labute approximate surface area is 157 Å². The standard InChI is InChI=1S/C18H31N5O2S/c1-3-5-6-7-22-8-9-23(17-14-26(24,25)13-16(17)22)12-15-10-20-18(19-4-2)21-11-15/h10-11,16-17H,3-9,12-14H2,1-2H3,(H,19,20,21)/t16-,17+/m1/s1. The van der Waals surface area contributed by atoms with Gasteiger partial charge in [0.25, 0.3) is 0 Å². The van der Waals surface area contributed by atoms with Crippen molar-refractivity contribution in [2.75, 3.05) is 43.0 Å². The molecule has 0 spiro atoms. The van der Waals surface area contributed by atoms with E-state index < -0.39 is 9.84 Å². The van der Waals surface area contributed by atoms with E-state index in [0.29, 0.717) is 18.2 Å². The molecule has 1 aromatic rings. The van der Waals surface area contributed by atoms with E-state index in [9.17, 15) is 8.42 Å².